The summed E-state index contributed by atoms with van der Waals surface area (Å²) in [5, 5.41) is 9.12. The fourth-order valence-corrected chi connectivity index (χ4v) is 2.17. The summed E-state index contributed by atoms with van der Waals surface area (Å²) in [7, 11) is 0. The number of carboxylic acid groups (broad SMARTS) is 1. The number of H-pyrrole nitrogens is 1. The molecule has 0 saturated carbocycles. The number of rotatable bonds is 6. The molecule has 0 unspecified atom stereocenters. The molecule has 1 aromatic carbocycles. The normalized spacial score (nSPS) is 10.6. The van der Waals surface area contributed by atoms with Gasteiger partial charge in [0.15, 0.2) is 11.6 Å². The first-order valence-electron chi connectivity index (χ1n) is 6.65. The molecular formula is C15H13ClF2N2O3. The molecule has 2 rings (SSSR count). The van der Waals surface area contributed by atoms with E-state index in [-0.39, 0.29) is 25.2 Å². The lowest BCUT2D eigenvalue weighted by Crippen LogP contribution is -2.32. The summed E-state index contributed by atoms with van der Waals surface area (Å²) >= 11 is 5.75. The monoisotopic (exact) mass is 342 g/mol. The van der Waals surface area contributed by atoms with E-state index < -0.39 is 23.5 Å². The van der Waals surface area contributed by atoms with Crippen LogP contribution in [0.2, 0.25) is 5.02 Å². The topological polar surface area (TPSA) is 73.4 Å². The van der Waals surface area contributed by atoms with Crippen molar-refractivity contribution < 1.29 is 23.5 Å². The highest BCUT2D eigenvalue weighted by molar-refractivity contribution is 6.30. The molecule has 0 saturated heterocycles. The lowest BCUT2D eigenvalue weighted by atomic mass is 10.2. The summed E-state index contributed by atoms with van der Waals surface area (Å²) in [6, 6.07) is 4.66. The van der Waals surface area contributed by atoms with Crippen molar-refractivity contribution in [1.29, 1.82) is 0 Å². The molecule has 0 atom stereocenters. The van der Waals surface area contributed by atoms with Crippen LogP contribution in [0.25, 0.3) is 0 Å². The fraction of sp³-hybridized carbons (Fsp3) is 0.200. The number of benzene rings is 1. The van der Waals surface area contributed by atoms with Gasteiger partial charge >= 0.3 is 5.97 Å². The van der Waals surface area contributed by atoms with E-state index in [1.165, 1.54) is 23.2 Å². The fourth-order valence-electron chi connectivity index (χ4n) is 2.00. The maximum atomic E-state index is 13.3. The molecule has 2 N–H and O–H groups in total. The number of carbonyl (C=O) groups is 2. The third-order valence-corrected chi connectivity index (χ3v) is 3.34. The number of aliphatic carboxylic acids is 1. The minimum Gasteiger partial charge on any atom is -0.481 e. The Balaban J connectivity index is 2.20. The number of hydrogen-bond donors (Lipinski definition) is 2. The van der Waals surface area contributed by atoms with Gasteiger partial charge in [-0.05, 0) is 23.8 Å². The number of halogens is 3. The van der Waals surface area contributed by atoms with Crippen LogP contribution >= 0.6 is 11.6 Å². The van der Waals surface area contributed by atoms with Crippen LogP contribution in [-0.4, -0.2) is 33.4 Å². The zero-order chi connectivity index (χ0) is 17.0. The molecule has 0 spiro atoms. The highest BCUT2D eigenvalue weighted by Gasteiger charge is 2.19. The summed E-state index contributed by atoms with van der Waals surface area (Å²) < 4.78 is 26.2. The molecule has 2 aromatic rings. The average Bonchev–Trinajstić information content (AvgIpc) is 2.92. The van der Waals surface area contributed by atoms with Crippen LogP contribution in [0.15, 0.2) is 30.5 Å². The zero-order valence-corrected chi connectivity index (χ0v) is 12.6. The Bertz CT molecular complexity index is 733. The second kappa shape index (κ2) is 7.23. The first-order chi connectivity index (χ1) is 10.9. The second-order valence-corrected chi connectivity index (χ2v) is 5.29. The van der Waals surface area contributed by atoms with Crippen LogP contribution in [0.3, 0.4) is 0 Å². The standard InChI is InChI=1S/C15H13ClF2N2O3/c16-10-6-13(19-7-10)15(23)20(4-3-14(21)22)8-9-1-2-11(17)12(18)5-9/h1-2,5-7,19H,3-4,8H2,(H,21,22). The quantitative estimate of drug-likeness (QED) is 0.847. The van der Waals surface area contributed by atoms with Gasteiger partial charge in [-0.1, -0.05) is 17.7 Å². The molecule has 5 nitrogen and oxygen atoms in total. The van der Waals surface area contributed by atoms with E-state index in [0.29, 0.717) is 10.6 Å². The minimum atomic E-state index is -1.07. The second-order valence-electron chi connectivity index (χ2n) is 4.85. The molecule has 0 bridgehead atoms. The van der Waals surface area contributed by atoms with Crippen molar-refractivity contribution in [3.8, 4) is 0 Å². The first kappa shape index (κ1) is 17.0. The SMILES string of the molecule is O=C(O)CCN(Cc1ccc(F)c(F)c1)C(=O)c1cc(Cl)c[nH]1. The number of nitrogens with zero attached hydrogens (tertiary/aromatic N) is 1. The molecule has 23 heavy (non-hydrogen) atoms. The molecule has 0 aliphatic rings. The molecule has 1 aromatic heterocycles. The predicted octanol–water partition coefficient (Wildman–Crippen LogP) is 3.06. The van der Waals surface area contributed by atoms with Crippen LogP contribution in [-0.2, 0) is 11.3 Å². The Hall–Kier alpha value is -2.41. The van der Waals surface area contributed by atoms with Gasteiger partial charge in [0.2, 0.25) is 0 Å². The third-order valence-electron chi connectivity index (χ3n) is 3.12. The van der Waals surface area contributed by atoms with Gasteiger partial charge in [0.1, 0.15) is 5.69 Å². The predicted molar refractivity (Wildman–Crippen MR) is 79.2 cm³/mol. The van der Waals surface area contributed by atoms with Crippen molar-refractivity contribution >= 4 is 23.5 Å². The number of nitrogens with one attached hydrogen (secondary N) is 1. The van der Waals surface area contributed by atoms with Crippen LogP contribution in [0, 0.1) is 11.6 Å². The molecule has 0 aliphatic heterocycles. The summed E-state index contributed by atoms with van der Waals surface area (Å²) in [5.41, 5.74) is 0.531. The van der Waals surface area contributed by atoms with Gasteiger partial charge in [0.25, 0.3) is 5.91 Å². The number of aromatic nitrogens is 1. The van der Waals surface area contributed by atoms with E-state index in [4.69, 9.17) is 16.7 Å². The molecule has 0 aliphatic carbocycles. The Morgan fingerprint density at radius 3 is 2.52 bits per heavy atom. The number of hydrogen-bond acceptors (Lipinski definition) is 2. The van der Waals surface area contributed by atoms with Gasteiger partial charge in [0, 0.05) is 19.3 Å². The minimum absolute atomic E-state index is 0.0556. The summed E-state index contributed by atoms with van der Waals surface area (Å²) in [4.78, 5) is 27.0. The van der Waals surface area contributed by atoms with E-state index in [1.54, 1.807) is 0 Å². The molecule has 8 heteroatoms. The summed E-state index contributed by atoms with van der Waals surface area (Å²) in [6.07, 6.45) is 1.14. The molecule has 1 amide bonds. The lowest BCUT2D eigenvalue weighted by Gasteiger charge is -2.21. The van der Waals surface area contributed by atoms with Gasteiger partial charge in [0.05, 0.1) is 11.4 Å². The lowest BCUT2D eigenvalue weighted by molar-refractivity contribution is -0.137. The van der Waals surface area contributed by atoms with Crippen molar-refractivity contribution in [3.63, 3.8) is 0 Å². The van der Waals surface area contributed by atoms with E-state index in [9.17, 15) is 18.4 Å². The highest BCUT2D eigenvalue weighted by atomic mass is 35.5. The van der Waals surface area contributed by atoms with Crippen molar-refractivity contribution in [3.05, 3.63) is 58.4 Å². The van der Waals surface area contributed by atoms with Crippen molar-refractivity contribution in [2.24, 2.45) is 0 Å². The average molecular weight is 343 g/mol. The smallest absolute Gasteiger partial charge is 0.305 e. The van der Waals surface area contributed by atoms with Gasteiger partial charge in [-0.15, -0.1) is 0 Å². The van der Waals surface area contributed by atoms with E-state index >= 15 is 0 Å². The Morgan fingerprint density at radius 2 is 1.96 bits per heavy atom. The van der Waals surface area contributed by atoms with E-state index in [0.717, 1.165) is 12.1 Å². The Morgan fingerprint density at radius 1 is 1.22 bits per heavy atom. The van der Waals surface area contributed by atoms with Crippen molar-refractivity contribution in [2.75, 3.05) is 6.54 Å². The number of amides is 1. The summed E-state index contributed by atoms with van der Waals surface area (Å²) in [6.45, 7) is -0.135. The summed E-state index contributed by atoms with van der Waals surface area (Å²) in [5.74, 6) is -3.58. The van der Waals surface area contributed by atoms with Gasteiger partial charge < -0.3 is 15.0 Å². The number of carboxylic acids is 1. The number of aromatic amines is 1. The zero-order valence-electron chi connectivity index (χ0n) is 11.9. The molecule has 0 fully saturated rings. The molecule has 122 valence electrons. The Labute approximate surface area is 135 Å². The Kier molecular flexibility index (Phi) is 5.33. The van der Waals surface area contributed by atoms with Crippen LogP contribution < -0.4 is 0 Å². The maximum Gasteiger partial charge on any atom is 0.305 e. The van der Waals surface area contributed by atoms with Crippen LogP contribution in [0.1, 0.15) is 22.5 Å². The molecule has 1 heterocycles. The number of carbonyl (C=O) groups excluding carboxylic acids is 1. The van der Waals surface area contributed by atoms with Crippen LogP contribution in [0.5, 0.6) is 0 Å². The molecular weight excluding hydrogens is 330 g/mol. The van der Waals surface area contributed by atoms with Gasteiger partial charge in [-0.3, -0.25) is 9.59 Å². The van der Waals surface area contributed by atoms with Crippen LogP contribution in [0.4, 0.5) is 8.78 Å². The van der Waals surface area contributed by atoms with E-state index in [1.807, 2.05) is 0 Å². The van der Waals surface area contributed by atoms with Gasteiger partial charge in [-0.25, -0.2) is 8.78 Å². The first-order valence-corrected chi connectivity index (χ1v) is 7.03. The largest absolute Gasteiger partial charge is 0.481 e. The highest BCUT2D eigenvalue weighted by Crippen LogP contribution is 2.16. The van der Waals surface area contributed by atoms with Crippen molar-refractivity contribution in [2.45, 2.75) is 13.0 Å². The van der Waals surface area contributed by atoms with Gasteiger partial charge in [-0.2, -0.15) is 0 Å². The van der Waals surface area contributed by atoms with E-state index in [2.05, 4.69) is 4.98 Å². The van der Waals surface area contributed by atoms with Crippen molar-refractivity contribution in [1.82, 2.24) is 9.88 Å². The third kappa shape index (κ3) is 4.53. The maximum absolute atomic E-state index is 13.3. The molecule has 0 radical (unpaired) electrons.